The fourth-order valence-electron chi connectivity index (χ4n) is 1.30. The highest BCUT2D eigenvalue weighted by molar-refractivity contribution is 5.76. The van der Waals surface area contributed by atoms with Gasteiger partial charge in [-0.15, -0.1) is 0 Å². The quantitative estimate of drug-likeness (QED) is 0.579. The molecule has 1 aromatic carbocycles. The maximum atomic E-state index is 13.2. The van der Waals surface area contributed by atoms with E-state index < -0.39 is 17.8 Å². The van der Waals surface area contributed by atoms with Gasteiger partial charge < -0.3 is 4.79 Å². The van der Waals surface area contributed by atoms with Crippen molar-refractivity contribution >= 4 is 12.2 Å². The van der Waals surface area contributed by atoms with Crippen molar-refractivity contribution in [3.8, 4) is 0 Å². The Hall–Kier alpha value is -1.78. The summed E-state index contributed by atoms with van der Waals surface area (Å²) in [6.07, 6.45) is 0.111. The summed E-state index contributed by atoms with van der Waals surface area (Å²) in [5.41, 5.74) is 0.198. The Labute approximate surface area is 91.6 Å². The predicted octanol–water partition coefficient (Wildman–Crippen LogP) is 1.67. The Morgan fingerprint density at radius 3 is 2.62 bits per heavy atom. The van der Waals surface area contributed by atoms with Crippen LogP contribution < -0.4 is 0 Å². The first-order valence-electron chi connectivity index (χ1n) is 4.70. The molecule has 0 saturated heterocycles. The number of aldehydes is 1. The first-order chi connectivity index (χ1) is 7.56. The molecule has 0 aliphatic carbocycles. The number of rotatable bonds is 4. The monoisotopic (exact) mass is 227 g/mol. The highest BCUT2D eigenvalue weighted by Gasteiger charge is 2.21. The smallest absolute Gasteiger partial charge is 0.247 e. The summed E-state index contributed by atoms with van der Waals surface area (Å²) in [5.74, 6) is -1.40. The van der Waals surface area contributed by atoms with Gasteiger partial charge >= 0.3 is 0 Å². The van der Waals surface area contributed by atoms with Crippen LogP contribution in [0.1, 0.15) is 12.5 Å². The largest absolute Gasteiger partial charge is 0.301 e. The van der Waals surface area contributed by atoms with Gasteiger partial charge in [0.15, 0.2) is 0 Å². The van der Waals surface area contributed by atoms with Gasteiger partial charge in [-0.25, -0.2) is 4.39 Å². The molecule has 0 aliphatic rings. The third kappa shape index (κ3) is 2.85. The van der Waals surface area contributed by atoms with Crippen LogP contribution in [-0.4, -0.2) is 23.4 Å². The van der Waals surface area contributed by atoms with Crippen molar-refractivity contribution in [2.45, 2.75) is 19.4 Å². The molecule has 0 saturated carbocycles. The normalized spacial score (nSPS) is 11.9. The van der Waals surface area contributed by atoms with E-state index >= 15 is 0 Å². The van der Waals surface area contributed by atoms with Crippen LogP contribution in [0.5, 0.6) is 0 Å². The van der Waals surface area contributed by atoms with Crippen LogP contribution in [0, 0.1) is 5.82 Å². The van der Waals surface area contributed by atoms with Gasteiger partial charge in [0.05, 0.1) is 0 Å². The number of benzene rings is 1. The van der Waals surface area contributed by atoms with Crippen molar-refractivity contribution < 1.29 is 18.5 Å². The number of hydrogen-bond donors (Lipinski definition) is 0. The Morgan fingerprint density at radius 1 is 1.50 bits per heavy atom. The third-order valence-corrected chi connectivity index (χ3v) is 2.14. The van der Waals surface area contributed by atoms with Crippen LogP contribution in [0.2, 0.25) is 0 Å². The molecular formula is C11H11F2NO2. The molecule has 5 heteroatoms. The average Bonchev–Trinajstić information content (AvgIpc) is 2.27. The van der Waals surface area contributed by atoms with E-state index in [0.29, 0.717) is 0 Å². The van der Waals surface area contributed by atoms with Gasteiger partial charge in [-0.2, -0.15) is 5.12 Å². The van der Waals surface area contributed by atoms with E-state index in [-0.39, 0.29) is 23.4 Å². The topological polar surface area (TPSA) is 37.4 Å². The molecule has 86 valence electrons. The van der Waals surface area contributed by atoms with Crippen molar-refractivity contribution in [1.82, 2.24) is 5.12 Å². The molecule has 1 aromatic rings. The lowest BCUT2D eigenvalue weighted by atomic mass is 10.1. The highest BCUT2D eigenvalue weighted by Crippen LogP contribution is 2.12. The van der Waals surface area contributed by atoms with Gasteiger partial charge in [0, 0.05) is 13.3 Å². The van der Waals surface area contributed by atoms with Gasteiger partial charge in [0.25, 0.3) is 0 Å². The first kappa shape index (κ1) is 12.3. The number of carbonyl (C=O) groups is 2. The first-order valence-corrected chi connectivity index (χ1v) is 4.70. The lowest BCUT2D eigenvalue weighted by Crippen LogP contribution is -2.35. The zero-order valence-corrected chi connectivity index (χ0v) is 8.69. The van der Waals surface area contributed by atoms with E-state index in [1.165, 1.54) is 18.2 Å². The maximum Gasteiger partial charge on any atom is 0.247 e. The van der Waals surface area contributed by atoms with Crippen LogP contribution >= 0.6 is 0 Å². The molecule has 0 heterocycles. The van der Waals surface area contributed by atoms with E-state index in [9.17, 15) is 18.5 Å². The zero-order valence-electron chi connectivity index (χ0n) is 8.69. The van der Waals surface area contributed by atoms with Gasteiger partial charge in [-0.3, -0.25) is 4.79 Å². The Kier molecular flexibility index (Phi) is 4.10. The van der Waals surface area contributed by atoms with Gasteiger partial charge in [-0.1, -0.05) is 22.7 Å². The molecule has 0 radical (unpaired) electrons. The van der Waals surface area contributed by atoms with Crippen molar-refractivity contribution in [1.29, 1.82) is 0 Å². The van der Waals surface area contributed by atoms with E-state index in [0.717, 1.165) is 6.92 Å². The minimum atomic E-state index is -1.28. The van der Waals surface area contributed by atoms with Crippen molar-refractivity contribution in [2.24, 2.45) is 0 Å². The van der Waals surface area contributed by atoms with Crippen LogP contribution in [0.15, 0.2) is 24.3 Å². The lowest BCUT2D eigenvalue weighted by Gasteiger charge is -2.17. The van der Waals surface area contributed by atoms with Gasteiger partial charge in [0.2, 0.25) is 5.91 Å². The lowest BCUT2D eigenvalue weighted by molar-refractivity contribution is -0.152. The van der Waals surface area contributed by atoms with Crippen LogP contribution in [-0.2, 0) is 16.0 Å². The standard InChI is InChI=1S/C11H11F2NO2/c1-8(16)14(13)10(7-15)6-9-4-2-3-5-11(9)12/h2-5,7,10H,6H2,1H3. The second kappa shape index (κ2) is 5.34. The number of hydrogen-bond acceptors (Lipinski definition) is 2. The Balaban J connectivity index is 2.82. The molecule has 0 bridgehead atoms. The van der Waals surface area contributed by atoms with Crippen molar-refractivity contribution in [2.75, 3.05) is 0 Å². The zero-order chi connectivity index (χ0) is 12.1. The molecular weight excluding hydrogens is 216 g/mol. The SMILES string of the molecule is CC(=O)N(F)C(C=O)Cc1ccccc1F. The average molecular weight is 227 g/mol. The third-order valence-electron chi connectivity index (χ3n) is 2.14. The molecule has 1 atom stereocenters. The van der Waals surface area contributed by atoms with Gasteiger partial charge in [0.1, 0.15) is 18.1 Å². The van der Waals surface area contributed by atoms with E-state index in [1.807, 2.05) is 0 Å². The summed E-state index contributed by atoms with van der Waals surface area (Å²) in [7, 11) is 0. The molecule has 16 heavy (non-hydrogen) atoms. The van der Waals surface area contributed by atoms with E-state index in [1.54, 1.807) is 6.07 Å². The van der Waals surface area contributed by atoms with Crippen molar-refractivity contribution in [3.63, 3.8) is 0 Å². The molecule has 0 N–H and O–H groups in total. The second-order valence-electron chi connectivity index (χ2n) is 3.33. The fourth-order valence-corrected chi connectivity index (χ4v) is 1.30. The number of halogens is 2. The number of carbonyl (C=O) groups excluding carboxylic acids is 2. The summed E-state index contributed by atoms with van der Waals surface area (Å²) >= 11 is 0. The fraction of sp³-hybridized carbons (Fsp3) is 0.273. The molecule has 0 spiro atoms. The van der Waals surface area contributed by atoms with Gasteiger partial charge in [-0.05, 0) is 11.6 Å². The van der Waals surface area contributed by atoms with Crippen LogP contribution in [0.25, 0.3) is 0 Å². The Morgan fingerprint density at radius 2 is 2.12 bits per heavy atom. The molecule has 1 amide bonds. The summed E-state index contributed by atoms with van der Waals surface area (Å²) in [5, 5.41) is -0.195. The predicted molar refractivity (Wildman–Crippen MR) is 53.6 cm³/mol. The highest BCUT2D eigenvalue weighted by atomic mass is 19.2. The van der Waals surface area contributed by atoms with Crippen LogP contribution in [0.4, 0.5) is 8.87 Å². The molecule has 0 fully saturated rings. The van der Waals surface area contributed by atoms with Crippen LogP contribution in [0.3, 0.4) is 0 Å². The number of nitrogens with zero attached hydrogens (tertiary/aromatic N) is 1. The minimum Gasteiger partial charge on any atom is -0.301 e. The molecule has 1 unspecified atom stereocenters. The molecule has 0 aliphatic heterocycles. The summed E-state index contributed by atoms with van der Waals surface area (Å²) < 4.78 is 26.3. The minimum absolute atomic E-state index is 0.174. The van der Waals surface area contributed by atoms with Crippen molar-refractivity contribution in [3.05, 3.63) is 35.6 Å². The second-order valence-corrected chi connectivity index (χ2v) is 3.33. The maximum absolute atomic E-state index is 13.2. The molecule has 1 rings (SSSR count). The molecule has 3 nitrogen and oxygen atoms in total. The summed E-state index contributed by atoms with van der Waals surface area (Å²) in [6, 6.07) is 4.45. The molecule has 0 aromatic heterocycles. The van der Waals surface area contributed by atoms with E-state index in [4.69, 9.17) is 0 Å². The van der Waals surface area contributed by atoms with E-state index in [2.05, 4.69) is 0 Å². The Bertz CT molecular complexity index is 395. The number of amides is 1. The summed E-state index contributed by atoms with van der Waals surface area (Å²) in [4.78, 5) is 21.3. The summed E-state index contributed by atoms with van der Waals surface area (Å²) in [6.45, 7) is 0.998.